The highest BCUT2D eigenvalue weighted by Crippen LogP contribution is 2.18. The summed E-state index contributed by atoms with van der Waals surface area (Å²) in [5.41, 5.74) is 2.72. The summed E-state index contributed by atoms with van der Waals surface area (Å²) in [6.07, 6.45) is 1.89. The van der Waals surface area contributed by atoms with Crippen LogP contribution in [-0.4, -0.2) is 80.2 Å². The Morgan fingerprint density at radius 2 is 1.39 bits per heavy atom. The van der Waals surface area contributed by atoms with Crippen LogP contribution in [0.15, 0.2) is 48.7 Å². The monoisotopic (exact) mass is 381 g/mol. The highest BCUT2D eigenvalue weighted by molar-refractivity contribution is 5.48. The van der Waals surface area contributed by atoms with Crippen LogP contribution >= 0.6 is 0 Å². The summed E-state index contributed by atoms with van der Waals surface area (Å²) < 4.78 is 0. The van der Waals surface area contributed by atoms with Gasteiger partial charge in [0.15, 0.2) is 0 Å². The van der Waals surface area contributed by atoms with Crippen molar-refractivity contribution in [3.63, 3.8) is 0 Å². The second-order valence-corrected chi connectivity index (χ2v) is 7.68. The van der Waals surface area contributed by atoms with E-state index in [1.807, 2.05) is 12.3 Å². The molecule has 0 unspecified atom stereocenters. The number of rotatable bonds is 5. The number of nitrogens with zero attached hydrogens (tertiary/aromatic N) is 5. The number of benzene rings is 1. The van der Waals surface area contributed by atoms with Crippen molar-refractivity contribution in [3.8, 4) is 0 Å². The molecule has 28 heavy (non-hydrogen) atoms. The highest BCUT2D eigenvalue weighted by atomic mass is 15.3. The molecule has 0 atom stereocenters. The van der Waals surface area contributed by atoms with E-state index in [1.165, 1.54) is 37.4 Å². The Balaban J connectivity index is 0.00000225. The minimum atomic E-state index is 0. The van der Waals surface area contributed by atoms with Gasteiger partial charge in [0, 0.05) is 77.3 Å². The van der Waals surface area contributed by atoms with Gasteiger partial charge in [-0.3, -0.25) is 9.80 Å². The van der Waals surface area contributed by atoms with Crippen molar-refractivity contribution >= 4 is 11.5 Å². The van der Waals surface area contributed by atoms with Crippen molar-refractivity contribution < 1.29 is 0 Å². The quantitative estimate of drug-likeness (QED) is 0.793. The molecule has 4 rings (SSSR count). The molecule has 0 amide bonds. The van der Waals surface area contributed by atoms with Crippen molar-refractivity contribution in [1.29, 1.82) is 0 Å². The predicted octanol–water partition coefficient (Wildman–Crippen LogP) is 2.97. The zero-order chi connectivity index (χ0) is 18.5. The summed E-state index contributed by atoms with van der Waals surface area (Å²) in [5.74, 6) is 1.12. The van der Waals surface area contributed by atoms with Crippen LogP contribution in [0.3, 0.4) is 0 Å². The van der Waals surface area contributed by atoms with Crippen LogP contribution in [0.5, 0.6) is 0 Å². The van der Waals surface area contributed by atoms with Crippen molar-refractivity contribution in [2.45, 2.75) is 14.4 Å². The Morgan fingerprint density at radius 1 is 0.750 bits per heavy atom. The molecule has 152 valence electrons. The lowest BCUT2D eigenvalue weighted by Gasteiger charge is -2.39. The summed E-state index contributed by atoms with van der Waals surface area (Å²) in [6.45, 7) is 13.6. The molecule has 3 heterocycles. The lowest BCUT2D eigenvalue weighted by atomic mass is 10.2. The molecule has 2 aromatic rings. The van der Waals surface area contributed by atoms with Crippen molar-refractivity contribution in [2.24, 2.45) is 0 Å². The Kier molecular flexibility index (Phi) is 7.29. The molecular formula is C23H35N5. The van der Waals surface area contributed by atoms with Gasteiger partial charge >= 0.3 is 0 Å². The minimum absolute atomic E-state index is 0. The number of hydrogen-bond donors (Lipinski definition) is 0. The zero-order valence-corrected chi connectivity index (χ0v) is 16.4. The normalized spacial score (nSPS) is 18.8. The molecule has 0 aliphatic carbocycles. The van der Waals surface area contributed by atoms with Crippen LogP contribution in [0.25, 0.3) is 0 Å². The van der Waals surface area contributed by atoms with Crippen molar-refractivity contribution in [3.05, 3.63) is 54.2 Å². The van der Waals surface area contributed by atoms with Gasteiger partial charge in [0.25, 0.3) is 0 Å². The number of pyridine rings is 1. The first kappa shape index (κ1) is 20.6. The lowest BCUT2D eigenvalue weighted by molar-refractivity contribution is 0.190. The predicted molar refractivity (Wildman–Crippen MR) is 119 cm³/mol. The van der Waals surface area contributed by atoms with Crippen LogP contribution in [0.2, 0.25) is 0 Å². The van der Waals surface area contributed by atoms with Gasteiger partial charge in [0.05, 0.1) is 0 Å². The van der Waals surface area contributed by atoms with E-state index < -0.39 is 0 Å². The SMILES string of the molecule is C.Cc1cccc(N2CCN(CCN3CCN(c4ccccn4)CC3)CC2)c1. The van der Waals surface area contributed by atoms with Crippen LogP contribution < -0.4 is 9.80 Å². The molecule has 2 aliphatic rings. The number of aromatic nitrogens is 1. The largest absolute Gasteiger partial charge is 0.369 e. The molecule has 0 saturated carbocycles. The minimum Gasteiger partial charge on any atom is -0.369 e. The summed E-state index contributed by atoms with van der Waals surface area (Å²) in [6, 6.07) is 15.1. The van der Waals surface area contributed by atoms with E-state index in [0.717, 1.165) is 45.1 Å². The second-order valence-electron chi connectivity index (χ2n) is 7.68. The summed E-state index contributed by atoms with van der Waals surface area (Å²) in [7, 11) is 0. The van der Waals surface area contributed by atoms with Gasteiger partial charge in [0.2, 0.25) is 0 Å². The molecule has 1 aromatic heterocycles. The summed E-state index contributed by atoms with van der Waals surface area (Å²) in [5, 5.41) is 0. The molecule has 5 nitrogen and oxygen atoms in total. The molecule has 0 radical (unpaired) electrons. The zero-order valence-electron chi connectivity index (χ0n) is 16.4. The maximum Gasteiger partial charge on any atom is 0.128 e. The van der Waals surface area contributed by atoms with Crippen molar-refractivity contribution in [2.75, 3.05) is 75.2 Å². The van der Waals surface area contributed by atoms with Gasteiger partial charge in [-0.15, -0.1) is 0 Å². The first-order valence-electron chi connectivity index (χ1n) is 10.2. The van der Waals surface area contributed by atoms with E-state index in [-0.39, 0.29) is 7.43 Å². The molecule has 2 saturated heterocycles. The van der Waals surface area contributed by atoms with E-state index in [1.54, 1.807) is 0 Å². The third kappa shape index (κ3) is 5.24. The number of piperazine rings is 2. The smallest absolute Gasteiger partial charge is 0.128 e. The third-order valence-corrected chi connectivity index (χ3v) is 5.82. The Hall–Kier alpha value is -2.11. The van der Waals surface area contributed by atoms with E-state index >= 15 is 0 Å². The van der Waals surface area contributed by atoms with Gasteiger partial charge in [-0.25, -0.2) is 4.98 Å². The molecule has 1 aromatic carbocycles. The molecule has 2 aliphatic heterocycles. The fourth-order valence-electron chi connectivity index (χ4n) is 4.08. The summed E-state index contributed by atoms with van der Waals surface area (Å²) >= 11 is 0. The maximum atomic E-state index is 4.48. The van der Waals surface area contributed by atoms with Crippen LogP contribution in [0, 0.1) is 6.92 Å². The van der Waals surface area contributed by atoms with Gasteiger partial charge in [-0.2, -0.15) is 0 Å². The van der Waals surface area contributed by atoms with E-state index in [4.69, 9.17) is 0 Å². The van der Waals surface area contributed by atoms with E-state index in [9.17, 15) is 0 Å². The second kappa shape index (κ2) is 9.89. The molecule has 5 heteroatoms. The van der Waals surface area contributed by atoms with Gasteiger partial charge < -0.3 is 9.80 Å². The first-order chi connectivity index (χ1) is 13.3. The topological polar surface area (TPSA) is 25.9 Å². The number of anilines is 2. The standard InChI is InChI=1S/C22H31N5.CH4/c1-20-5-4-6-21(19-20)26-15-11-24(12-16-26)9-10-25-13-17-27(18-14-25)22-7-2-3-8-23-22;/h2-8,19H,9-18H2,1H3;1H4. The average Bonchev–Trinajstić information content (AvgIpc) is 2.74. The number of hydrogen-bond acceptors (Lipinski definition) is 5. The molecule has 0 bridgehead atoms. The Bertz CT molecular complexity index is 704. The first-order valence-corrected chi connectivity index (χ1v) is 10.2. The van der Waals surface area contributed by atoms with E-state index in [0.29, 0.717) is 0 Å². The van der Waals surface area contributed by atoms with Crippen molar-refractivity contribution in [1.82, 2.24) is 14.8 Å². The molecular weight excluding hydrogens is 346 g/mol. The molecule has 0 spiro atoms. The third-order valence-electron chi connectivity index (χ3n) is 5.82. The maximum absolute atomic E-state index is 4.48. The Morgan fingerprint density at radius 3 is 1.96 bits per heavy atom. The van der Waals surface area contributed by atoms with Gasteiger partial charge in [0.1, 0.15) is 5.82 Å². The Labute approximate surface area is 170 Å². The fraction of sp³-hybridized carbons (Fsp3) is 0.522. The fourth-order valence-corrected chi connectivity index (χ4v) is 4.08. The van der Waals surface area contributed by atoms with Crippen LogP contribution in [-0.2, 0) is 0 Å². The summed E-state index contributed by atoms with van der Waals surface area (Å²) in [4.78, 5) is 14.6. The van der Waals surface area contributed by atoms with Crippen LogP contribution in [0.4, 0.5) is 11.5 Å². The molecule has 2 fully saturated rings. The average molecular weight is 382 g/mol. The lowest BCUT2D eigenvalue weighted by Crippen LogP contribution is -2.51. The van der Waals surface area contributed by atoms with Gasteiger partial charge in [-0.05, 0) is 36.8 Å². The number of aryl methyl sites for hydroxylation is 1. The van der Waals surface area contributed by atoms with Gasteiger partial charge in [-0.1, -0.05) is 25.6 Å². The molecule has 0 N–H and O–H groups in total. The highest BCUT2D eigenvalue weighted by Gasteiger charge is 2.20. The van der Waals surface area contributed by atoms with E-state index in [2.05, 4.69) is 67.9 Å². The van der Waals surface area contributed by atoms with Crippen LogP contribution in [0.1, 0.15) is 13.0 Å².